The molecule has 5 nitrogen and oxygen atoms in total. The third-order valence-electron chi connectivity index (χ3n) is 6.62. The molecule has 1 amide bonds. The summed E-state index contributed by atoms with van der Waals surface area (Å²) in [5.41, 5.74) is 1.73. The highest BCUT2D eigenvalue weighted by Gasteiger charge is 2.44. The van der Waals surface area contributed by atoms with Gasteiger partial charge < -0.3 is 15.2 Å². The van der Waals surface area contributed by atoms with Gasteiger partial charge in [-0.3, -0.25) is 9.69 Å². The number of nitrogens with one attached hydrogen (secondary N) is 2. The lowest BCUT2D eigenvalue weighted by atomic mass is 9.85. The normalized spacial score (nSPS) is 22.4. The largest absolute Gasteiger partial charge is 0.611 e. The molecule has 1 aromatic carbocycles. The van der Waals surface area contributed by atoms with Crippen molar-refractivity contribution in [3.05, 3.63) is 51.6 Å². The summed E-state index contributed by atoms with van der Waals surface area (Å²) in [6.07, 6.45) is 0.0681. The van der Waals surface area contributed by atoms with Crippen molar-refractivity contribution in [1.82, 2.24) is 15.5 Å². The minimum absolute atomic E-state index is 0.0328. The van der Waals surface area contributed by atoms with E-state index in [1.165, 1.54) is 12.2 Å². The second kappa shape index (κ2) is 12.1. The number of likely N-dealkylation sites (N-methyl/N-ethyl adjacent to an activating group) is 1. The number of likely N-dealkylation sites (tertiary alicyclic amines) is 1. The predicted octanol–water partition coefficient (Wildman–Crippen LogP) is 4.51. The van der Waals surface area contributed by atoms with Crippen molar-refractivity contribution in [1.29, 1.82) is 0 Å². The fraction of sp³-hybridized carbons (Fsp3) is 0.560. The Kier molecular flexibility index (Phi) is 9.74. The zero-order chi connectivity index (χ0) is 25.8. The lowest BCUT2D eigenvalue weighted by molar-refractivity contribution is -0.165. The van der Waals surface area contributed by atoms with Crippen LogP contribution in [0.1, 0.15) is 37.3 Å². The summed E-state index contributed by atoms with van der Waals surface area (Å²) in [6, 6.07) is 3.62. The summed E-state index contributed by atoms with van der Waals surface area (Å²) in [5, 5.41) is 6.36. The summed E-state index contributed by atoms with van der Waals surface area (Å²) in [6.45, 7) is 5.33. The van der Waals surface area contributed by atoms with Crippen LogP contribution >= 0.6 is 11.6 Å². The van der Waals surface area contributed by atoms with E-state index in [4.69, 9.17) is 11.6 Å². The van der Waals surface area contributed by atoms with E-state index in [2.05, 4.69) is 10.6 Å². The van der Waals surface area contributed by atoms with Crippen LogP contribution in [0.15, 0.2) is 40.3 Å². The minimum atomic E-state index is -4.45. The van der Waals surface area contributed by atoms with Crippen LogP contribution in [0.25, 0.3) is 0 Å². The van der Waals surface area contributed by atoms with Gasteiger partial charge in [0, 0.05) is 47.4 Å². The highest BCUT2D eigenvalue weighted by molar-refractivity contribution is 7.91. The fourth-order valence-electron chi connectivity index (χ4n) is 4.78. The molecule has 35 heavy (non-hydrogen) atoms. The van der Waals surface area contributed by atoms with E-state index in [0.717, 1.165) is 24.9 Å². The maximum absolute atomic E-state index is 14.0. The molecule has 3 rings (SSSR count). The second-order valence-electron chi connectivity index (χ2n) is 9.12. The van der Waals surface area contributed by atoms with E-state index >= 15 is 0 Å². The first-order valence-corrected chi connectivity index (χ1v) is 13.5. The van der Waals surface area contributed by atoms with Crippen LogP contribution in [0.3, 0.4) is 0 Å². The van der Waals surface area contributed by atoms with Crippen LogP contribution in [0.2, 0.25) is 5.02 Å². The van der Waals surface area contributed by atoms with E-state index in [1.54, 1.807) is 26.0 Å². The summed E-state index contributed by atoms with van der Waals surface area (Å²) < 4.78 is 54.4. The summed E-state index contributed by atoms with van der Waals surface area (Å²) in [4.78, 5) is 15.5. The average molecular weight is 532 g/mol. The van der Waals surface area contributed by atoms with Gasteiger partial charge in [-0.05, 0) is 75.6 Å². The summed E-state index contributed by atoms with van der Waals surface area (Å²) in [7, 11) is 1.87. The topological polar surface area (TPSA) is 67.4 Å². The van der Waals surface area contributed by atoms with Crippen LogP contribution in [0.5, 0.6) is 0 Å². The molecule has 2 N–H and O–H groups in total. The van der Waals surface area contributed by atoms with Crippen molar-refractivity contribution < 1.29 is 22.5 Å². The van der Waals surface area contributed by atoms with E-state index in [0.29, 0.717) is 27.8 Å². The van der Waals surface area contributed by atoms with Crippen molar-refractivity contribution in [2.45, 2.75) is 56.8 Å². The number of halogens is 4. The van der Waals surface area contributed by atoms with Crippen molar-refractivity contribution in [3.8, 4) is 0 Å². The number of aryl methyl sites for hydroxylation is 1. The van der Waals surface area contributed by atoms with Crippen LogP contribution in [-0.4, -0.2) is 60.0 Å². The number of hydrogen-bond donors (Lipinski definition) is 2. The molecule has 1 aromatic rings. The van der Waals surface area contributed by atoms with Gasteiger partial charge in [-0.1, -0.05) is 23.8 Å². The Morgan fingerprint density at radius 2 is 2.06 bits per heavy atom. The Balaban J connectivity index is 1.75. The van der Waals surface area contributed by atoms with E-state index in [9.17, 15) is 22.5 Å². The smallest absolute Gasteiger partial charge is 0.395 e. The van der Waals surface area contributed by atoms with Crippen molar-refractivity contribution in [2.75, 3.05) is 32.4 Å². The molecular weight excluding hydrogens is 499 g/mol. The molecule has 194 valence electrons. The highest BCUT2D eigenvalue weighted by Crippen LogP contribution is 2.39. The molecule has 0 spiro atoms. The molecule has 0 aromatic heterocycles. The number of rotatable bonds is 8. The van der Waals surface area contributed by atoms with Gasteiger partial charge in [0.1, 0.15) is 5.75 Å². The molecule has 3 atom stereocenters. The molecule has 1 heterocycles. The van der Waals surface area contributed by atoms with Gasteiger partial charge in [0.05, 0.1) is 5.92 Å². The Morgan fingerprint density at radius 3 is 2.71 bits per heavy atom. The fourth-order valence-corrected chi connectivity index (χ4v) is 6.21. The quantitative estimate of drug-likeness (QED) is 0.484. The number of piperidine rings is 1. The number of allylic oxidation sites excluding steroid dienone is 2. The predicted molar refractivity (Wildman–Crippen MR) is 134 cm³/mol. The number of carbonyl (C=O) groups is 1. The number of benzene rings is 1. The molecular formula is C25H33ClF3N3O2S. The van der Waals surface area contributed by atoms with Gasteiger partial charge in [0.2, 0.25) is 5.91 Å². The Hall–Kier alpha value is -1.52. The van der Waals surface area contributed by atoms with E-state index < -0.39 is 35.6 Å². The maximum atomic E-state index is 14.0. The Morgan fingerprint density at radius 1 is 1.31 bits per heavy atom. The van der Waals surface area contributed by atoms with Crippen molar-refractivity contribution >= 4 is 28.7 Å². The van der Waals surface area contributed by atoms with Gasteiger partial charge in [-0.25, -0.2) is 0 Å². The zero-order valence-electron chi connectivity index (χ0n) is 20.3. The molecule has 0 bridgehead atoms. The summed E-state index contributed by atoms with van der Waals surface area (Å²) >= 11 is 4.89. The SMILES string of the molecule is CC[S+]([O-])c1c(C)cc(Cl)cc1CNC(=O)C1=CC=C(CN2CCC[C@H](NC)C2)C(C(F)(F)F)C1. The number of amides is 1. The third kappa shape index (κ3) is 7.26. The summed E-state index contributed by atoms with van der Waals surface area (Å²) in [5.74, 6) is -1.85. The zero-order valence-corrected chi connectivity index (χ0v) is 21.9. The van der Waals surface area contributed by atoms with Gasteiger partial charge in [-0.15, -0.1) is 0 Å². The molecule has 0 saturated carbocycles. The number of alkyl halides is 3. The first-order chi connectivity index (χ1) is 16.5. The molecule has 1 aliphatic carbocycles. The van der Waals surface area contributed by atoms with Crippen LogP contribution in [0.4, 0.5) is 13.2 Å². The van der Waals surface area contributed by atoms with E-state index in [1.807, 2.05) is 11.9 Å². The average Bonchev–Trinajstić information content (AvgIpc) is 2.81. The molecule has 10 heteroatoms. The number of carbonyl (C=O) groups excluding carboxylic acids is 1. The molecule has 1 fully saturated rings. The number of hydrogen-bond acceptors (Lipinski definition) is 4. The third-order valence-corrected chi connectivity index (χ3v) is 8.40. The molecule has 1 aliphatic heterocycles. The van der Waals surface area contributed by atoms with Crippen molar-refractivity contribution in [2.24, 2.45) is 5.92 Å². The van der Waals surface area contributed by atoms with Crippen LogP contribution in [0, 0.1) is 12.8 Å². The monoisotopic (exact) mass is 531 g/mol. The first-order valence-electron chi connectivity index (χ1n) is 11.8. The van der Waals surface area contributed by atoms with Gasteiger partial charge in [0.15, 0.2) is 4.90 Å². The highest BCUT2D eigenvalue weighted by atomic mass is 35.5. The van der Waals surface area contributed by atoms with E-state index in [-0.39, 0.29) is 30.3 Å². The molecule has 2 aliphatic rings. The maximum Gasteiger partial charge on any atom is 0.395 e. The van der Waals surface area contributed by atoms with Gasteiger partial charge in [0.25, 0.3) is 0 Å². The lowest BCUT2D eigenvalue weighted by Crippen LogP contribution is -2.46. The van der Waals surface area contributed by atoms with Crippen LogP contribution in [-0.2, 0) is 22.5 Å². The number of nitrogens with zero attached hydrogens (tertiary/aromatic N) is 1. The van der Waals surface area contributed by atoms with Gasteiger partial charge in [-0.2, -0.15) is 13.2 Å². The van der Waals surface area contributed by atoms with Gasteiger partial charge >= 0.3 is 6.18 Å². The van der Waals surface area contributed by atoms with Crippen LogP contribution < -0.4 is 10.6 Å². The Bertz CT molecular complexity index is 983. The van der Waals surface area contributed by atoms with Crippen molar-refractivity contribution in [3.63, 3.8) is 0 Å². The standard InChI is InChI=1S/C25H33ClF3N3O2S/c1-4-35(34)23-16(2)10-20(26)11-19(23)13-31-24(33)17-7-8-18(22(12-17)25(27,28)29)14-32-9-5-6-21(15-32)30-3/h7-8,10-11,21-22,30H,4-6,9,12-15H2,1-3H3,(H,31,33)/t21-,22?,35?/m0/s1. The molecule has 0 radical (unpaired) electrons. The minimum Gasteiger partial charge on any atom is -0.611 e. The lowest BCUT2D eigenvalue weighted by Gasteiger charge is -2.35. The first kappa shape index (κ1) is 28.1. The molecule has 2 unspecified atom stereocenters. The second-order valence-corrected chi connectivity index (χ2v) is 11.2. The Labute approximate surface area is 213 Å². The molecule has 1 saturated heterocycles.